The van der Waals surface area contributed by atoms with Crippen molar-refractivity contribution in [1.29, 1.82) is 0 Å². The molecule has 0 spiro atoms. The van der Waals surface area contributed by atoms with Crippen LogP contribution in [0.4, 0.5) is 5.82 Å². The fraction of sp³-hybridized carbons (Fsp3) is 0.458. The maximum absolute atomic E-state index is 13.6. The van der Waals surface area contributed by atoms with E-state index in [9.17, 15) is 4.79 Å². The van der Waals surface area contributed by atoms with Crippen molar-refractivity contribution < 1.29 is 4.79 Å². The molecule has 3 aromatic rings. The zero-order valence-electron chi connectivity index (χ0n) is 18.3. The Morgan fingerprint density at radius 2 is 1.84 bits per heavy atom. The molecule has 1 aromatic carbocycles. The molecule has 31 heavy (non-hydrogen) atoms. The van der Waals surface area contributed by atoms with Crippen molar-refractivity contribution in [2.75, 3.05) is 51.2 Å². The molecule has 7 heteroatoms. The number of nitrogens with zero attached hydrogens (tertiary/aromatic N) is 5. The molecule has 5 rings (SSSR count). The summed E-state index contributed by atoms with van der Waals surface area (Å²) >= 11 is 1.52. The van der Waals surface area contributed by atoms with E-state index in [1.807, 2.05) is 4.90 Å². The topological polar surface area (TPSA) is 52.6 Å². The molecule has 0 radical (unpaired) electrons. The van der Waals surface area contributed by atoms with Crippen LogP contribution in [0.25, 0.3) is 10.2 Å². The van der Waals surface area contributed by atoms with Crippen molar-refractivity contribution in [2.45, 2.75) is 25.7 Å². The summed E-state index contributed by atoms with van der Waals surface area (Å²) in [5.41, 5.74) is 2.36. The Kier molecular flexibility index (Phi) is 5.63. The third-order valence-electron chi connectivity index (χ3n) is 6.68. The number of carbonyl (C=O) groups is 1. The number of piperazine rings is 1. The predicted octanol–water partition coefficient (Wildman–Crippen LogP) is 3.77. The van der Waals surface area contributed by atoms with Crippen molar-refractivity contribution in [2.24, 2.45) is 0 Å². The van der Waals surface area contributed by atoms with Crippen LogP contribution in [0.5, 0.6) is 0 Å². The third kappa shape index (κ3) is 3.92. The fourth-order valence-electron chi connectivity index (χ4n) is 4.82. The van der Waals surface area contributed by atoms with E-state index in [0.717, 1.165) is 78.6 Å². The summed E-state index contributed by atoms with van der Waals surface area (Å²) < 4.78 is 0. The Balaban J connectivity index is 1.43. The normalized spacial score (nSPS) is 20.4. The van der Waals surface area contributed by atoms with Crippen molar-refractivity contribution in [1.82, 2.24) is 19.8 Å². The average Bonchev–Trinajstić information content (AvgIpc) is 3.16. The van der Waals surface area contributed by atoms with Gasteiger partial charge >= 0.3 is 0 Å². The number of fused-ring (bicyclic) bond motifs is 1. The van der Waals surface area contributed by atoms with Crippen LogP contribution in [-0.2, 0) is 0 Å². The first-order chi connectivity index (χ1) is 15.1. The van der Waals surface area contributed by atoms with Gasteiger partial charge in [0, 0.05) is 45.2 Å². The molecule has 1 amide bonds. The second-order valence-electron chi connectivity index (χ2n) is 8.72. The highest BCUT2D eigenvalue weighted by molar-refractivity contribution is 7.20. The van der Waals surface area contributed by atoms with E-state index in [2.05, 4.69) is 64.1 Å². The molecule has 0 bridgehead atoms. The third-order valence-corrected chi connectivity index (χ3v) is 7.87. The molecule has 4 heterocycles. The number of aryl methyl sites for hydroxylation is 1. The highest BCUT2D eigenvalue weighted by Crippen LogP contribution is 2.37. The zero-order chi connectivity index (χ0) is 21.4. The lowest BCUT2D eigenvalue weighted by molar-refractivity contribution is 0.0711. The number of aromatic nitrogens is 2. The monoisotopic (exact) mass is 435 g/mol. The zero-order valence-corrected chi connectivity index (χ0v) is 19.1. The molecule has 0 unspecified atom stereocenters. The molecule has 2 aromatic heterocycles. The number of benzene rings is 1. The number of thiophene rings is 1. The fourth-order valence-corrected chi connectivity index (χ4v) is 5.93. The molecule has 162 valence electrons. The van der Waals surface area contributed by atoms with Gasteiger partial charge in [-0.1, -0.05) is 30.3 Å². The smallest absolute Gasteiger partial charge is 0.264 e. The van der Waals surface area contributed by atoms with Crippen LogP contribution in [0.1, 0.15) is 39.6 Å². The first kappa shape index (κ1) is 20.4. The molecule has 0 aliphatic carbocycles. The predicted molar refractivity (Wildman–Crippen MR) is 126 cm³/mol. The Morgan fingerprint density at radius 1 is 1.06 bits per heavy atom. The van der Waals surface area contributed by atoms with Gasteiger partial charge in [0.15, 0.2) is 0 Å². The molecular weight excluding hydrogens is 406 g/mol. The Hall–Kier alpha value is -2.51. The molecule has 2 saturated heterocycles. The Labute approximate surface area is 187 Å². The average molecular weight is 436 g/mol. The van der Waals surface area contributed by atoms with Gasteiger partial charge in [-0.15, -0.1) is 11.3 Å². The molecular formula is C24H29N5OS. The van der Waals surface area contributed by atoms with Gasteiger partial charge in [-0.25, -0.2) is 9.97 Å². The molecule has 1 atom stereocenters. The van der Waals surface area contributed by atoms with Crippen LogP contribution < -0.4 is 4.90 Å². The summed E-state index contributed by atoms with van der Waals surface area (Å²) in [7, 11) is 2.15. The number of rotatable bonds is 3. The van der Waals surface area contributed by atoms with Crippen LogP contribution >= 0.6 is 11.3 Å². The summed E-state index contributed by atoms with van der Waals surface area (Å²) in [6.45, 7) is 7.62. The largest absolute Gasteiger partial charge is 0.353 e. The minimum atomic E-state index is 0.144. The summed E-state index contributed by atoms with van der Waals surface area (Å²) in [4.78, 5) is 31.2. The summed E-state index contributed by atoms with van der Waals surface area (Å²) in [5, 5.41) is 1.05. The van der Waals surface area contributed by atoms with E-state index in [0.29, 0.717) is 5.92 Å². The number of likely N-dealkylation sites (tertiary alicyclic amines) is 1. The van der Waals surface area contributed by atoms with E-state index < -0.39 is 0 Å². The maximum Gasteiger partial charge on any atom is 0.264 e. The molecule has 2 fully saturated rings. The van der Waals surface area contributed by atoms with Gasteiger partial charge in [0.2, 0.25) is 0 Å². The van der Waals surface area contributed by atoms with Crippen molar-refractivity contribution >= 4 is 33.3 Å². The highest BCUT2D eigenvalue weighted by atomic mass is 32.1. The first-order valence-electron chi connectivity index (χ1n) is 11.1. The quantitative estimate of drug-likeness (QED) is 0.627. The van der Waals surface area contributed by atoms with Crippen LogP contribution in [0.15, 0.2) is 36.7 Å². The van der Waals surface area contributed by atoms with Gasteiger partial charge < -0.3 is 14.7 Å². The van der Waals surface area contributed by atoms with Gasteiger partial charge in [-0.05, 0) is 37.9 Å². The molecule has 0 N–H and O–H groups in total. The maximum atomic E-state index is 13.6. The summed E-state index contributed by atoms with van der Waals surface area (Å²) in [6.07, 6.45) is 3.83. The standard InChI is InChI=1S/C24H29N5OS/c1-17-20-22(28-13-11-27(2)12-14-28)25-16-26-23(20)31-21(17)24(30)29-10-6-9-19(15-29)18-7-4-3-5-8-18/h3-5,7-8,16,19H,6,9-15H2,1-2H3/t19-/m0/s1. The lowest BCUT2D eigenvalue weighted by Crippen LogP contribution is -2.44. The number of carbonyl (C=O) groups excluding carboxylic acids is 1. The lowest BCUT2D eigenvalue weighted by Gasteiger charge is -2.33. The van der Waals surface area contributed by atoms with Crippen molar-refractivity contribution in [3.8, 4) is 0 Å². The second kappa shape index (κ2) is 8.55. The van der Waals surface area contributed by atoms with Gasteiger partial charge in [0.1, 0.15) is 17.0 Å². The number of anilines is 1. The first-order valence-corrected chi connectivity index (χ1v) is 12.0. The summed E-state index contributed by atoms with van der Waals surface area (Å²) in [6, 6.07) is 10.6. The van der Waals surface area contributed by atoms with E-state index in [1.165, 1.54) is 16.9 Å². The number of hydrogen-bond donors (Lipinski definition) is 0. The molecule has 6 nitrogen and oxygen atoms in total. The lowest BCUT2D eigenvalue weighted by atomic mass is 9.90. The highest BCUT2D eigenvalue weighted by Gasteiger charge is 2.29. The minimum Gasteiger partial charge on any atom is -0.353 e. The molecule has 2 aliphatic rings. The number of amides is 1. The van der Waals surface area contributed by atoms with Gasteiger partial charge in [0.25, 0.3) is 5.91 Å². The second-order valence-corrected chi connectivity index (χ2v) is 9.72. The Morgan fingerprint density at radius 3 is 2.61 bits per heavy atom. The summed E-state index contributed by atoms with van der Waals surface area (Å²) in [5.74, 6) is 1.53. The van der Waals surface area contributed by atoms with Crippen LogP contribution in [0, 0.1) is 6.92 Å². The van der Waals surface area contributed by atoms with E-state index in [1.54, 1.807) is 6.33 Å². The van der Waals surface area contributed by atoms with Gasteiger partial charge in [0.05, 0.1) is 10.3 Å². The van der Waals surface area contributed by atoms with Crippen LogP contribution in [-0.4, -0.2) is 72.0 Å². The van der Waals surface area contributed by atoms with Crippen molar-refractivity contribution in [3.05, 3.63) is 52.7 Å². The van der Waals surface area contributed by atoms with Crippen molar-refractivity contribution in [3.63, 3.8) is 0 Å². The minimum absolute atomic E-state index is 0.144. The van der Waals surface area contributed by atoms with Gasteiger partial charge in [-0.2, -0.15) is 0 Å². The molecule has 0 saturated carbocycles. The van der Waals surface area contributed by atoms with Gasteiger partial charge in [-0.3, -0.25) is 4.79 Å². The van der Waals surface area contributed by atoms with E-state index in [4.69, 9.17) is 0 Å². The molecule has 2 aliphatic heterocycles. The van der Waals surface area contributed by atoms with E-state index >= 15 is 0 Å². The Bertz CT molecular complexity index is 1070. The van der Waals surface area contributed by atoms with Crippen LogP contribution in [0.3, 0.4) is 0 Å². The number of hydrogen-bond acceptors (Lipinski definition) is 6. The number of piperidine rings is 1. The van der Waals surface area contributed by atoms with E-state index in [-0.39, 0.29) is 5.91 Å². The van der Waals surface area contributed by atoms with Crippen LogP contribution in [0.2, 0.25) is 0 Å². The SMILES string of the molecule is Cc1c(C(=O)N2CCC[C@H](c3ccccc3)C2)sc2ncnc(N3CCN(C)CC3)c12. The number of likely N-dealkylation sites (N-methyl/N-ethyl adjacent to an activating group) is 1.